The fourth-order valence-corrected chi connectivity index (χ4v) is 5.07. The van der Waals surface area contributed by atoms with E-state index >= 15 is 0 Å². The monoisotopic (exact) mass is 452 g/mol. The molecule has 0 radical (unpaired) electrons. The van der Waals surface area contributed by atoms with Crippen molar-refractivity contribution in [3.63, 3.8) is 0 Å². The van der Waals surface area contributed by atoms with Crippen molar-refractivity contribution in [2.75, 3.05) is 46.5 Å². The predicted octanol–water partition coefficient (Wildman–Crippen LogP) is 3.43. The maximum absolute atomic E-state index is 13.4. The summed E-state index contributed by atoms with van der Waals surface area (Å²) in [6.07, 6.45) is 0.743. The van der Waals surface area contributed by atoms with Crippen LogP contribution in [-0.4, -0.2) is 68.1 Å². The molecule has 4 rings (SSSR count). The van der Waals surface area contributed by atoms with Crippen LogP contribution in [0.2, 0.25) is 0 Å². The number of hydrogen-bond donors (Lipinski definition) is 0. The molecule has 0 aliphatic carbocycles. The summed E-state index contributed by atoms with van der Waals surface area (Å²) in [6.45, 7) is 4.51. The molecule has 0 unspecified atom stereocenters. The summed E-state index contributed by atoms with van der Waals surface area (Å²) in [7, 11) is 1.58. The van der Waals surface area contributed by atoms with Gasteiger partial charge < -0.3 is 9.47 Å². The van der Waals surface area contributed by atoms with Crippen LogP contribution in [0.1, 0.15) is 17.5 Å². The fourth-order valence-electron chi connectivity index (χ4n) is 3.99. The molecule has 0 saturated carbocycles. The Morgan fingerprint density at radius 3 is 2.41 bits per heavy atom. The Morgan fingerprint density at radius 2 is 1.66 bits per heavy atom. The van der Waals surface area contributed by atoms with Crippen LogP contribution >= 0.6 is 11.8 Å². The molecule has 6 nitrogen and oxygen atoms in total. The number of amides is 2. The van der Waals surface area contributed by atoms with Crippen LogP contribution in [0.4, 0.5) is 0 Å². The predicted molar refractivity (Wildman–Crippen MR) is 126 cm³/mol. The van der Waals surface area contributed by atoms with Crippen molar-refractivity contribution < 1.29 is 19.1 Å². The van der Waals surface area contributed by atoms with E-state index in [0.717, 1.165) is 44.8 Å². The maximum Gasteiger partial charge on any atom is 0.267 e. The van der Waals surface area contributed by atoms with Gasteiger partial charge in [0, 0.05) is 37.5 Å². The molecular weight excluding hydrogens is 424 g/mol. The zero-order valence-electron chi connectivity index (χ0n) is 18.3. The number of carbonyl (C=O) groups excluding carboxylic acids is 2. The SMILES string of the molecule is COc1ccccc1C1=C(SCc2ccccc2)C(=O)N(CCCN2CCOCC2)C1=O. The van der Waals surface area contributed by atoms with E-state index in [1.165, 1.54) is 16.7 Å². The number of nitrogens with zero attached hydrogens (tertiary/aromatic N) is 2. The number of methoxy groups -OCH3 is 1. The minimum atomic E-state index is -0.239. The summed E-state index contributed by atoms with van der Waals surface area (Å²) in [4.78, 5) is 31.0. The number of benzene rings is 2. The number of thioether (sulfide) groups is 1. The van der Waals surface area contributed by atoms with Gasteiger partial charge in [-0.15, -0.1) is 11.8 Å². The lowest BCUT2D eigenvalue weighted by atomic mass is 10.1. The third-order valence-corrected chi connectivity index (χ3v) is 6.83. The quantitative estimate of drug-likeness (QED) is 0.544. The average Bonchev–Trinajstić information content (AvgIpc) is 3.08. The maximum atomic E-state index is 13.4. The normalized spacial score (nSPS) is 17.3. The van der Waals surface area contributed by atoms with Crippen LogP contribution in [0.3, 0.4) is 0 Å². The van der Waals surface area contributed by atoms with Crippen LogP contribution in [0.15, 0.2) is 59.5 Å². The van der Waals surface area contributed by atoms with Crippen molar-refractivity contribution in [1.82, 2.24) is 9.80 Å². The minimum absolute atomic E-state index is 0.209. The lowest BCUT2D eigenvalue weighted by Crippen LogP contribution is -2.39. The molecule has 1 saturated heterocycles. The second-order valence-electron chi connectivity index (χ2n) is 7.75. The van der Waals surface area contributed by atoms with Crippen molar-refractivity contribution >= 4 is 29.1 Å². The molecule has 0 spiro atoms. The van der Waals surface area contributed by atoms with Crippen molar-refractivity contribution in [3.8, 4) is 5.75 Å². The third kappa shape index (κ3) is 5.06. The molecule has 2 aliphatic rings. The summed E-state index contributed by atoms with van der Waals surface area (Å²) in [5.41, 5.74) is 2.22. The van der Waals surface area contributed by atoms with E-state index in [4.69, 9.17) is 9.47 Å². The molecule has 2 aromatic carbocycles. The van der Waals surface area contributed by atoms with Gasteiger partial charge in [-0.05, 0) is 18.1 Å². The molecule has 168 valence electrons. The van der Waals surface area contributed by atoms with Crippen LogP contribution < -0.4 is 4.74 Å². The van der Waals surface area contributed by atoms with Gasteiger partial charge in [0.05, 0.1) is 30.8 Å². The average molecular weight is 453 g/mol. The van der Waals surface area contributed by atoms with Crippen LogP contribution in [-0.2, 0) is 20.1 Å². The zero-order chi connectivity index (χ0) is 22.3. The summed E-state index contributed by atoms with van der Waals surface area (Å²) >= 11 is 1.42. The molecular formula is C25H28N2O4S. The molecule has 0 aromatic heterocycles. The van der Waals surface area contributed by atoms with Crippen LogP contribution in [0.5, 0.6) is 5.75 Å². The van der Waals surface area contributed by atoms with E-state index in [9.17, 15) is 9.59 Å². The fraction of sp³-hybridized carbons (Fsp3) is 0.360. The second-order valence-corrected chi connectivity index (χ2v) is 8.73. The first kappa shape index (κ1) is 22.6. The Balaban J connectivity index is 1.54. The van der Waals surface area contributed by atoms with Gasteiger partial charge in [0.15, 0.2) is 0 Å². The Hall–Kier alpha value is -2.61. The largest absolute Gasteiger partial charge is 0.496 e. The van der Waals surface area contributed by atoms with Gasteiger partial charge >= 0.3 is 0 Å². The highest BCUT2D eigenvalue weighted by Crippen LogP contribution is 2.40. The van der Waals surface area contributed by atoms with E-state index in [0.29, 0.717) is 34.1 Å². The van der Waals surface area contributed by atoms with Gasteiger partial charge in [-0.3, -0.25) is 19.4 Å². The number of hydrogen-bond acceptors (Lipinski definition) is 6. The van der Waals surface area contributed by atoms with Crippen molar-refractivity contribution in [1.29, 1.82) is 0 Å². The van der Waals surface area contributed by atoms with E-state index in [-0.39, 0.29) is 11.8 Å². The molecule has 1 fully saturated rings. The smallest absolute Gasteiger partial charge is 0.267 e. The summed E-state index contributed by atoms with van der Waals surface area (Å²) in [6, 6.07) is 17.4. The Bertz CT molecular complexity index is 986. The van der Waals surface area contributed by atoms with Gasteiger partial charge in [0.2, 0.25) is 0 Å². The van der Waals surface area contributed by atoms with E-state index in [1.54, 1.807) is 7.11 Å². The van der Waals surface area contributed by atoms with Gasteiger partial charge in [-0.1, -0.05) is 48.5 Å². The molecule has 32 heavy (non-hydrogen) atoms. The molecule has 0 N–H and O–H groups in total. The highest BCUT2D eigenvalue weighted by atomic mass is 32.2. The first-order valence-electron chi connectivity index (χ1n) is 10.9. The summed E-state index contributed by atoms with van der Waals surface area (Å²) < 4.78 is 10.9. The summed E-state index contributed by atoms with van der Waals surface area (Å²) in [5, 5.41) is 0. The molecule has 0 atom stereocenters. The third-order valence-electron chi connectivity index (χ3n) is 5.69. The van der Waals surface area contributed by atoms with Crippen molar-refractivity contribution in [3.05, 3.63) is 70.6 Å². The van der Waals surface area contributed by atoms with Crippen molar-refractivity contribution in [2.45, 2.75) is 12.2 Å². The van der Waals surface area contributed by atoms with Crippen molar-refractivity contribution in [2.24, 2.45) is 0 Å². The first-order chi connectivity index (χ1) is 15.7. The van der Waals surface area contributed by atoms with Gasteiger partial charge in [0.25, 0.3) is 11.8 Å². The zero-order valence-corrected chi connectivity index (χ0v) is 19.1. The van der Waals surface area contributed by atoms with Gasteiger partial charge in [0.1, 0.15) is 5.75 Å². The van der Waals surface area contributed by atoms with Crippen LogP contribution in [0.25, 0.3) is 5.57 Å². The highest BCUT2D eigenvalue weighted by Gasteiger charge is 2.39. The Labute approximate surface area is 193 Å². The van der Waals surface area contributed by atoms with Gasteiger partial charge in [-0.25, -0.2) is 0 Å². The van der Waals surface area contributed by atoms with E-state index in [1.807, 2.05) is 54.6 Å². The number of rotatable bonds is 9. The van der Waals surface area contributed by atoms with Gasteiger partial charge in [-0.2, -0.15) is 0 Å². The Morgan fingerprint density at radius 1 is 0.938 bits per heavy atom. The topological polar surface area (TPSA) is 59.1 Å². The van der Waals surface area contributed by atoms with Crippen LogP contribution in [0, 0.1) is 0 Å². The molecule has 2 amide bonds. The number of para-hydroxylation sites is 1. The Kier molecular flexibility index (Phi) is 7.63. The lowest BCUT2D eigenvalue weighted by molar-refractivity contribution is -0.136. The van der Waals surface area contributed by atoms with E-state index < -0.39 is 0 Å². The first-order valence-corrected chi connectivity index (χ1v) is 11.9. The standard InChI is InChI=1S/C25H28N2O4S/c1-30-21-11-6-5-10-20(21)22-23(32-18-19-8-3-2-4-9-19)25(29)27(24(22)28)13-7-12-26-14-16-31-17-15-26/h2-6,8-11H,7,12-18H2,1H3. The molecule has 2 aliphatic heterocycles. The second kappa shape index (κ2) is 10.8. The molecule has 2 heterocycles. The molecule has 7 heteroatoms. The number of morpholine rings is 1. The number of carbonyl (C=O) groups is 2. The summed E-state index contributed by atoms with van der Waals surface area (Å²) in [5.74, 6) is 0.766. The molecule has 2 aromatic rings. The molecule has 0 bridgehead atoms. The van der Waals surface area contributed by atoms with E-state index in [2.05, 4.69) is 4.90 Å². The number of ether oxygens (including phenoxy) is 2. The number of imide groups is 1. The highest BCUT2D eigenvalue weighted by molar-refractivity contribution is 8.03. The lowest BCUT2D eigenvalue weighted by Gasteiger charge is -2.27. The minimum Gasteiger partial charge on any atom is -0.496 e.